The summed E-state index contributed by atoms with van der Waals surface area (Å²) < 4.78 is 0. The highest BCUT2D eigenvalue weighted by molar-refractivity contribution is 5.48. The van der Waals surface area contributed by atoms with Crippen LogP contribution in [0.3, 0.4) is 0 Å². The van der Waals surface area contributed by atoms with Gasteiger partial charge in [-0.05, 0) is 25.3 Å². The van der Waals surface area contributed by atoms with E-state index in [1.807, 2.05) is 6.08 Å². The third-order valence-electron chi connectivity index (χ3n) is 4.84. The normalized spacial score (nSPS) is 25.1. The van der Waals surface area contributed by atoms with Gasteiger partial charge in [-0.15, -0.1) is 0 Å². The SMILES string of the molecule is CCCCC[C@H](O)/C=C/[C@H]1C(O)=C[C@H](O)[C@@H]1CCCCCCC=O. The number of unbranched alkanes of at least 4 members (excludes halogenated alkanes) is 6. The second kappa shape index (κ2) is 12.3. The lowest BCUT2D eigenvalue weighted by Crippen LogP contribution is -2.20. The molecule has 0 bridgehead atoms. The van der Waals surface area contributed by atoms with Crippen molar-refractivity contribution in [2.24, 2.45) is 11.8 Å². The first kappa shape index (κ1) is 20.9. The van der Waals surface area contributed by atoms with Gasteiger partial charge < -0.3 is 20.1 Å². The van der Waals surface area contributed by atoms with Crippen LogP contribution in [0.15, 0.2) is 24.0 Å². The van der Waals surface area contributed by atoms with Crippen molar-refractivity contribution in [2.75, 3.05) is 0 Å². The lowest BCUT2D eigenvalue weighted by Gasteiger charge is -2.20. The van der Waals surface area contributed by atoms with Crippen LogP contribution in [0, 0.1) is 11.8 Å². The minimum atomic E-state index is -0.619. The van der Waals surface area contributed by atoms with E-state index in [0.717, 1.165) is 64.1 Å². The standard InChI is InChI=1S/C20H34O4/c1-2-3-7-10-16(22)12-13-18-17(19(23)15-20(18)24)11-8-5-4-6-9-14-21/h12-19,22-24H,2-11H2,1H3/b13-12+/t16-,17+,18+,19-/m0/s1. The number of hydrogen-bond donors (Lipinski definition) is 3. The number of carbonyl (C=O) groups excluding carboxylic acids is 1. The molecular formula is C20H34O4. The summed E-state index contributed by atoms with van der Waals surface area (Å²) in [5.41, 5.74) is 0. The summed E-state index contributed by atoms with van der Waals surface area (Å²) in [5, 5.41) is 30.2. The molecule has 1 aliphatic carbocycles. The molecule has 1 aliphatic rings. The van der Waals surface area contributed by atoms with E-state index in [-0.39, 0.29) is 17.6 Å². The smallest absolute Gasteiger partial charge is 0.119 e. The molecule has 0 unspecified atom stereocenters. The Hall–Kier alpha value is -1.13. The summed E-state index contributed by atoms with van der Waals surface area (Å²) in [7, 11) is 0. The van der Waals surface area contributed by atoms with Crippen LogP contribution in [-0.4, -0.2) is 33.8 Å². The maximum absolute atomic E-state index is 10.3. The Kier molecular flexibility index (Phi) is 10.7. The summed E-state index contributed by atoms with van der Waals surface area (Å²) >= 11 is 0. The molecule has 4 heteroatoms. The largest absolute Gasteiger partial charge is 0.512 e. The van der Waals surface area contributed by atoms with Gasteiger partial charge in [-0.25, -0.2) is 0 Å². The molecule has 0 spiro atoms. The van der Waals surface area contributed by atoms with Gasteiger partial charge in [0, 0.05) is 18.3 Å². The van der Waals surface area contributed by atoms with Crippen molar-refractivity contribution < 1.29 is 20.1 Å². The summed E-state index contributed by atoms with van der Waals surface area (Å²) in [4.78, 5) is 10.3. The number of aliphatic hydroxyl groups is 3. The van der Waals surface area contributed by atoms with Crippen molar-refractivity contribution in [1.82, 2.24) is 0 Å². The second-order valence-corrected chi connectivity index (χ2v) is 6.88. The Bertz CT molecular complexity index is 402. The molecule has 24 heavy (non-hydrogen) atoms. The van der Waals surface area contributed by atoms with Crippen LogP contribution >= 0.6 is 0 Å². The fourth-order valence-electron chi connectivity index (χ4n) is 3.34. The van der Waals surface area contributed by atoms with Crippen molar-refractivity contribution in [3.63, 3.8) is 0 Å². The average molecular weight is 338 g/mol. The lowest BCUT2D eigenvalue weighted by molar-refractivity contribution is -0.107. The molecule has 4 nitrogen and oxygen atoms in total. The highest BCUT2D eigenvalue weighted by Gasteiger charge is 2.34. The van der Waals surface area contributed by atoms with E-state index < -0.39 is 12.2 Å². The quantitative estimate of drug-likeness (QED) is 0.269. The molecule has 0 aromatic rings. The molecular weight excluding hydrogens is 304 g/mol. The van der Waals surface area contributed by atoms with E-state index >= 15 is 0 Å². The first-order valence-electron chi connectivity index (χ1n) is 9.48. The third kappa shape index (κ3) is 7.63. The molecule has 0 saturated carbocycles. The van der Waals surface area contributed by atoms with Crippen LogP contribution in [0.1, 0.15) is 71.1 Å². The van der Waals surface area contributed by atoms with Crippen molar-refractivity contribution in [2.45, 2.75) is 83.3 Å². The minimum Gasteiger partial charge on any atom is -0.512 e. The zero-order valence-corrected chi connectivity index (χ0v) is 14.9. The fourth-order valence-corrected chi connectivity index (χ4v) is 3.34. The van der Waals surface area contributed by atoms with Crippen molar-refractivity contribution in [3.05, 3.63) is 24.0 Å². The van der Waals surface area contributed by atoms with Gasteiger partial charge in [0.1, 0.15) is 6.29 Å². The van der Waals surface area contributed by atoms with Crippen LogP contribution in [0.4, 0.5) is 0 Å². The van der Waals surface area contributed by atoms with Gasteiger partial charge in [0.05, 0.1) is 18.0 Å². The highest BCUT2D eigenvalue weighted by atomic mass is 16.3. The Morgan fingerprint density at radius 2 is 1.92 bits per heavy atom. The molecule has 0 amide bonds. The van der Waals surface area contributed by atoms with E-state index in [0.29, 0.717) is 6.42 Å². The lowest BCUT2D eigenvalue weighted by atomic mass is 9.87. The number of rotatable bonds is 13. The maximum Gasteiger partial charge on any atom is 0.119 e. The van der Waals surface area contributed by atoms with E-state index in [9.17, 15) is 20.1 Å². The fraction of sp³-hybridized carbons (Fsp3) is 0.750. The van der Waals surface area contributed by atoms with E-state index in [1.54, 1.807) is 6.08 Å². The van der Waals surface area contributed by atoms with Crippen molar-refractivity contribution in [3.8, 4) is 0 Å². The molecule has 0 saturated heterocycles. The summed E-state index contributed by atoms with van der Waals surface area (Å²) in [5.74, 6) is -0.00331. The predicted octanol–water partition coefficient (Wildman–Crippen LogP) is 4.07. The van der Waals surface area contributed by atoms with Crippen molar-refractivity contribution in [1.29, 1.82) is 0 Å². The van der Waals surface area contributed by atoms with Crippen LogP contribution in [0.5, 0.6) is 0 Å². The number of allylic oxidation sites excluding steroid dienone is 1. The van der Waals surface area contributed by atoms with Gasteiger partial charge in [-0.2, -0.15) is 0 Å². The van der Waals surface area contributed by atoms with Crippen molar-refractivity contribution >= 4 is 6.29 Å². The molecule has 1 rings (SSSR count). The van der Waals surface area contributed by atoms with E-state index in [1.165, 1.54) is 6.08 Å². The van der Waals surface area contributed by atoms with E-state index in [4.69, 9.17) is 0 Å². The van der Waals surface area contributed by atoms with Crippen LogP contribution in [0.25, 0.3) is 0 Å². The summed E-state index contributed by atoms with van der Waals surface area (Å²) in [6.07, 6.45) is 14.4. The number of aldehydes is 1. The van der Waals surface area contributed by atoms with Gasteiger partial charge in [-0.3, -0.25) is 0 Å². The van der Waals surface area contributed by atoms with Crippen LogP contribution in [0.2, 0.25) is 0 Å². The first-order chi connectivity index (χ1) is 11.6. The highest BCUT2D eigenvalue weighted by Crippen LogP contribution is 2.35. The molecule has 3 N–H and O–H groups in total. The molecule has 0 aromatic heterocycles. The Labute approximate surface area is 146 Å². The van der Waals surface area contributed by atoms with Crippen LogP contribution < -0.4 is 0 Å². The zero-order valence-electron chi connectivity index (χ0n) is 14.9. The monoisotopic (exact) mass is 338 g/mol. The topological polar surface area (TPSA) is 77.8 Å². The molecule has 138 valence electrons. The number of carbonyl (C=O) groups is 1. The maximum atomic E-state index is 10.3. The van der Waals surface area contributed by atoms with Gasteiger partial charge in [0.25, 0.3) is 0 Å². The average Bonchev–Trinajstić information content (AvgIpc) is 2.82. The molecule has 0 aliphatic heterocycles. The number of aliphatic hydroxyl groups excluding tert-OH is 3. The van der Waals surface area contributed by atoms with Gasteiger partial charge >= 0.3 is 0 Å². The molecule has 0 fully saturated rings. The molecule has 0 heterocycles. The minimum absolute atomic E-state index is 0.0184. The molecule has 4 atom stereocenters. The van der Waals surface area contributed by atoms with Crippen LogP contribution in [-0.2, 0) is 4.79 Å². The van der Waals surface area contributed by atoms with Gasteiger partial charge in [-0.1, -0.05) is 57.6 Å². The summed E-state index contributed by atoms with van der Waals surface area (Å²) in [6, 6.07) is 0. The molecule has 0 radical (unpaired) electrons. The number of hydrogen-bond acceptors (Lipinski definition) is 4. The second-order valence-electron chi connectivity index (χ2n) is 6.88. The van der Waals surface area contributed by atoms with Gasteiger partial charge in [0.2, 0.25) is 0 Å². The Balaban J connectivity index is 2.41. The summed E-state index contributed by atoms with van der Waals surface area (Å²) in [6.45, 7) is 2.13. The van der Waals surface area contributed by atoms with Gasteiger partial charge in [0.15, 0.2) is 0 Å². The zero-order chi connectivity index (χ0) is 17.8. The first-order valence-corrected chi connectivity index (χ1v) is 9.48. The third-order valence-corrected chi connectivity index (χ3v) is 4.84. The Morgan fingerprint density at radius 3 is 2.62 bits per heavy atom. The Morgan fingerprint density at radius 1 is 1.17 bits per heavy atom. The predicted molar refractivity (Wildman–Crippen MR) is 96.8 cm³/mol. The van der Waals surface area contributed by atoms with E-state index in [2.05, 4.69) is 6.92 Å². The molecule has 0 aromatic carbocycles.